The first-order valence-corrected chi connectivity index (χ1v) is 10.2. The Labute approximate surface area is 175 Å². The minimum absolute atomic E-state index is 0.0855. The molecule has 10 nitrogen and oxygen atoms in total. The molecule has 30 heavy (non-hydrogen) atoms. The van der Waals surface area contributed by atoms with E-state index in [1.165, 1.54) is 27.7 Å². The lowest BCUT2D eigenvalue weighted by Crippen LogP contribution is -2.67. The van der Waals surface area contributed by atoms with Crippen LogP contribution in [0.3, 0.4) is 0 Å². The van der Waals surface area contributed by atoms with Crippen LogP contribution in [0.25, 0.3) is 0 Å². The molecule has 0 aromatic rings. The molecule has 1 amide bonds. The van der Waals surface area contributed by atoms with Crippen molar-refractivity contribution >= 4 is 23.8 Å². The number of ether oxygens (including phenoxy) is 5. The zero-order valence-corrected chi connectivity index (χ0v) is 17.9. The summed E-state index contributed by atoms with van der Waals surface area (Å²) in [4.78, 5) is 46.7. The maximum atomic E-state index is 11.9. The fourth-order valence-electron chi connectivity index (χ4n) is 3.80. The molecule has 5 atom stereocenters. The van der Waals surface area contributed by atoms with E-state index in [9.17, 15) is 19.2 Å². The van der Waals surface area contributed by atoms with Crippen molar-refractivity contribution in [2.45, 2.75) is 96.5 Å². The highest BCUT2D eigenvalue weighted by atomic mass is 16.7. The Morgan fingerprint density at radius 2 is 1.47 bits per heavy atom. The van der Waals surface area contributed by atoms with Crippen LogP contribution in [0.15, 0.2) is 0 Å². The molecule has 1 heterocycles. The lowest BCUT2D eigenvalue weighted by molar-refractivity contribution is -0.289. The molecule has 1 N–H and O–H groups in total. The van der Waals surface area contributed by atoms with Gasteiger partial charge in [0.25, 0.3) is 0 Å². The zero-order valence-electron chi connectivity index (χ0n) is 17.9. The molecule has 1 aliphatic carbocycles. The molecule has 0 spiro atoms. The molecule has 170 valence electrons. The van der Waals surface area contributed by atoms with Crippen molar-refractivity contribution in [1.82, 2.24) is 5.32 Å². The van der Waals surface area contributed by atoms with E-state index in [0.29, 0.717) is 0 Å². The highest BCUT2D eigenvalue weighted by molar-refractivity contribution is 5.73. The van der Waals surface area contributed by atoms with Crippen molar-refractivity contribution in [3.8, 4) is 0 Å². The van der Waals surface area contributed by atoms with Gasteiger partial charge in [-0.3, -0.25) is 19.2 Å². The summed E-state index contributed by atoms with van der Waals surface area (Å²) in [6.07, 6.45) is 0.643. The third-order valence-electron chi connectivity index (χ3n) is 4.95. The van der Waals surface area contributed by atoms with Gasteiger partial charge in [-0.05, 0) is 12.8 Å². The van der Waals surface area contributed by atoms with E-state index in [0.717, 1.165) is 32.1 Å². The molecular weight excluding hydrogens is 398 g/mol. The van der Waals surface area contributed by atoms with Crippen molar-refractivity contribution in [2.75, 3.05) is 6.61 Å². The molecule has 2 rings (SSSR count). The Morgan fingerprint density at radius 1 is 0.867 bits per heavy atom. The Morgan fingerprint density at radius 3 is 2.00 bits per heavy atom. The molecule has 0 radical (unpaired) electrons. The van der Waals surface area contributed by atoms with Gasteiger partial charge in [-0.15, -0.1) is 0 Å². The third kappa shape index (κ3) is 7.24. The van der Waals surface area contributed by atoms with Gasteiger partial charge in [0.2, 0.25) is 5.91 Å². The second kappa shape index (κ2) is 11.3. The van der Waals surface area contributed by atoms with Crippen molar-refractivity contribution in [2.24, 2.45) is 0 Å². The summed E-state index contributed by atoms with van der Waals surface area (Å²) < 4.78 is 28.0. The number of esters is 3. The fraction of sp³-hybridized carbons (Fsp3) is 0.800. The van der Waals surface area contributed by atoms with Crippen molar-refractivity contribution in [3.05, 3.63) is 0 Å². The van der Waals surface area contributed by atoms with Gasteiger partial charge in [0, 0.05) is 27.7 Å². The average Bonchev–Trinajstić information content (AvgIpc) is 2.64. The predicted octanol–water partition coefficient (Wildman–Crippen LogP) is 0.992. The van der Waals surface area contributed by atoms with E-state index in [4.69, 9.17) is 23.7 Å². The Hall–Kier alpha value is -2.20. The van der Waals surface area contributed by atoms with Crippen LogP contribution in [0.5, 0.6) is 0 Å². The first-order valence-electron chi connectivity index (χ1n) is 10.2. The third-order valence-corrected chi connectivity index (χ3v) is 4.95. The van der Waals surface area contributed by atoms with Crippen LogP contribution < -0.4 is 5.32 Å². The predicted molar refractivity (Wildman–Crippen MR) is 102 cm³/mol. The molecule has 1 saturated heterocycles. The molecule has 2 aliphatic rings. The lowest BCUT2D eigenvalue weighted by Gasteiger charge is -2.46. The van der Waals surface area contributed by atoms with Crippen LogP contribution in [-0.2, 0) is 42.9 Å². The highest BCUT2D eigenvalue weighted by Gasteiger charge is 2.51. The Balaban J connectivity index is 2.34. The van der Waals surface area contributed by atoms with Crippen LogP contribution in [-0.4, -0.2) is 67.2 Å². The summed E-state index contributed by atoms with van der Waals surface area (Å²) in [5, 5.41) is 2.70. The van der Waals surface area contributed by atoms with Gasteiger partial charge in [-0.1, -0.05) is 19.3 Å². The highest BCUT2D eigenvalue weighted by Crippen LogP contribution is 2.31. The van der Waals surface area contributed by atoms with Crippen LogP contribution in [0.4, 0.5) is 0 Å². The molecule has 1 saturated carbocycles. The summed E-state index contributed by atoms with van der Waals surface area (Å²) in [7, 11) is 0. The summed E-state index contributed by atoms with van der Waals surface area (Å²) in [6, 6.07) is -0.911. The van der Waals surface area contributed by atoms with E-state index in [1.54, 1.807) is 0 Å². The van der Waals surface area contributed by atoms with E-state index in [1.807, 2.05) is 0 Å². The van der Waals surface area contributed by atoms with E-state index >= 15 is 0 Å². The minimum atomic E-state index is -1.10. The monoisotopic (exact) mass is 429 g/mol. The fourth-order valence-corrected chi connectivity index (χ4v) is 3.80. The SMILES string of the molecule is CC(=O)N[C@H]1C(OC(C)=O)[C@H](OC(C)=O)C(COC(C)=O)O[C@H]1OC1CCCCC1. The first kappa shape index (κ1) is 24.1. The van der Waals surface area contributed by atoms with Crippen molar-refractivity contribution < 1.29 is 42.9 Å². The van der Waals surface area contributed by atoms with Gasteiger partial charge in [0.05, 0.1) is 6.10 Å². The number of amides is 1. The summed E-state index contributed by atoms with van der Waals surface area (Å²) in [5.74, 6) is -2.20. The molecule has 2 fully saturated rings. The largest absolute Gasteiger partial charge is 0.463 e. The molecule has 1 aliphatic heterocycles. The summed E-state index contributed by atoms with van der Waals surface area (Å²) >= 11 is 0. The van der Waals surface area contributed by atoms with Crippen LogP contribution >= 0.6 is 0 Å². The number of hydrogen-bond acceptors (Lipinski definition) is 9. The number of hydrogen-bond donors (Lipinski definition) is 1. The van der Waals surface area contributed by atoms with E-state index in [2.05, 4.69) is 5.32 Å². The summed E-state index contributed by atoms with van der Waals surface area (Å²) in [5.41, 5.74) is 0. The van der Waals surface area contributed by atoms with Crippen molar-refractivity contribution in [1.29, 1.82) is 0 Å². The van der Waals surface area contributed by atoms with Gasteiger partial charge < -0.3 is 29.0 Å². The normalized spacial score (nSPS) is 29.5. The minimum Gasteiger partial charge on any atom is -0.463 e. The second-order valence-electron chi connectivity index (χ2n) is 7.62. The van der Waals surface area contributed by atoms with E-state index in [-0.39, 0.29) is 12.7 Å². The van der Waals surface area contributed by atoms with Gasteiger partial charge in [-0.25, -0.2) is 0 Å². The number of carbonyl (C=O) groups is 4. The average molecular weight is 429 g/mol. The maximum absolute atomic E-state index is 11.9. The van der Waals surface area contributed by atoms with Gasteiger partial charge in [-0.2, -0.15) is 0 Å². The van der Waals surface area contributed by atoms with Crippen LogP contribution in [0, 0.1) is 0 Å². The smallest absolute Gasteiger partial charge is 0.303 e. The van der Waals surface area contributed by atoms with Crippen LogP contribution in [0.1, 0.15) is 59.8 Å². The van der Waals surface area contributed by atoms with Gasteiger partial charge in [0.1, 0.15) is 18.8 Å². The van der Waals surface area contributed by atoms with Gasteiger partial charge >= 0.3 is 17.9 Å². The number of rotatable bonds is 7. The molecule has 0 bridgehead atoms. The molecule has 2 unspecified atom stereocenters. The number of nitrogens with one attached hydrogen (secondary N) is 1. The summed E-state index contributed by atoms with van der Waals surface area (Å²) in [6.45, 7) is 4.73. The van der Waals surface area contributed by atoms with Crippen molar-refractivity contribution in [3.63, 3.8) is 0 Å². The number of carbonyl (C=O) groups excluding carboxylic acids is 4. The van der Waals surface area contributed by atoms with E-state index < -0.39 is 54.5 Å². The Kier molecular flexibility index (Phi) is 9.04. The molecule has 10 heteroatoms. The molecular formula is C20H31NO9. The zero-order chi connectivity index (χ0) is 22.3. The van der Waals surface area contributed by atoms with Gasteiger partial charge in [0.15, 0.2) is 18.5 Å². The van der Waals surface area contributed by atoms with Crippen LogP contribution in [0.2, 0.25) is 0 Å². The second-order valence-corrected chi connectivity index (χ2v) is 7.62. The lowest BCUT2D eigenvalue weighted by atomic mass is 9.94. The maximum Gasteiger partial charge on any atom is 0.303 e. The quantitative estimate of drug-likeness (QED) is 0.466. The standard InChI is InChI=1S/C20H31NO9/c1-11(22)21-17-19(28-14(4)25)18(27-13(3)24)16(10-26-12(2)23)30-20(17)29-15-8-6-5-7-9-15/h15-20H,5-10H2,1-4H3,(H,21,22)/t16?,17-,18+,19?,20+/m0/s1. The molecule has 0 aromatic carbocycles. The Bertz CT molecular complexity index is 632. The topological polar surface area (TPSA) is 126 Å². The first-order chi connectivity index (χ1) is 14.2. The molecule has 0 aromatic heterocycles.